The highest BCUT2D eigenvalue weighted by Crippen LogP contribution is 2.26. The lowest BCUT2D eigenvalue weighted by atomic mass is 10.1. The van der Waals surface area contributed by atoms with E-state index in [1.165, 1.54) is 0 Å². The van der Waals surface area contributed by atoms with E-state index in [4.69, 9.17) is 28.3 Å². The minimum Gasteiger partial charge on any atom is -0.326 e. The zero-order chi connectivity index (χ0) is 22.1. The number of sulfonamides is 1. The smallest absolute Gasteiger partial charge is 0.228 e. The summed E-state index contributed by atoms with van der Waals surface area (Å²) in [4.78, 5) is 12.6. The van der Waals surface area contributed by atoms with Gasteiger partial charge in [0.25, 0.3) is 0 Å². The first-order chi connectivity index (χ1) is 14.0. The molecule has 7 nitrogen and oxygen atoms in total. The summed E-state index contributed by atoms with van der Waals surface area (Å²) in [7, 11) is -3.65. The molecule has 10 heteroatoms. The normalized spacial score (nSPS) is 11.5. The van der Waals surface area contributed by atoms with Crippen LogP contribution in [0.15, 0.2) is 42.5 Å². The molecule has 1 heterocycles. The number of nitrogens with two attached hydrogens (primary N) is 1. The molecule has 3 aromatic rings. The molecule has 1 aromatic heterocycles. The van der Waals surface area contributed by atoms with Crippen LogP contribution in [0, 0.1) is 13.8 Å². The monoisotopic (exact) mass is 466 g/mol. The number of carbonyl (C=O) groups excluding carboxylic acids is 1. The van der Waals surface area contributed by atoms with E-state index >= 15 is 0 Å². The SMILES string of the molecule is Cc1nn(-c2ccc(Cl)c(Cl)c2)c(C)c1CC(=O)Nc1cccc(CS(N)(=O)=O)c1. The standard InChI is InChI=1S/C20H20Cl2N4O3S/c1-12-17(13(2)26(25-12)16-6-7-18(21)19(22)9-16)10-20(27)24-15-5-3-4-14(8-15)11-30(23,28)29/h3-9H,10-11H2,1-2H3,(H,24,27)(H2,23,28,29). The van der Waals surface area contributed by atoms with Gasteiger partial charge < -0.3 is 5.32 Å². The molecular weight excluding hydrogens is 447 g/mol. The number of amides is 1. The maximum absolute atomic E-state index is 12.6. The summed E-state index contributed by atoms with van der Waals surface area (Å²) < 4.78 is 24.3. The first kappa shape index (κ1) is 22.3. The molecule has 1 amide bonds. The second kappa shape index (κ2) is 8.77. The Balaban J connectivity index is 1.78. The third-order valence-electron chi connectivity index (χ3n) is 4.50. The molecule has 30 heavy (non-hydrogen) atoms. The maximum atomic E-state index is 12.6. The van der Waals surface area contributed by atoms with Crippen molar-refractivity contribution in [1.29, 1.82) is 0 Å². The van der Waals surface area contributed by atoms with Gasteiger partial charge in [-0.15, -0.1) is 0 Å². The lowest BCUT2D eigenvalue weighted by Crippen LogP contribution is -2.17. The fraction of sp³-hybridized carbons (Fsp3) is 0.200. The molecule has 0 saturated carbocycles. The number of hydrogen-bond donors (Lipinski definition) is 2. The van der Waals surface area contributed by atoms with Crippen LogP contribution in [0.1, 0.15) is 22.5 Å². The van der Waals surface area contributed by atoms with Crippen LogP contribution in [0.5, 0.6) is 0 Å². The van der Waals surface area contributed by atoms with Crippen molar-refractivity contribution >= 4 is 44.8 Å². The van der Waals surface area contributed by atoms with Crippen LogP contribution in [0.4, 0.5) is 5.69 Å². The van der Waals surface area contributed by atoms with Gasteiger partial charge >= 0.3 is 0 Å². The van der Waals surface area contributed by atoms with Gasteiger partial charge in [-0.2, -0.15) is 5.10 Å². The average Bonchev–Trinajstić information content (AvgIpc) is 2.91. The van der Waals surface area contributed by atoms with E-state index in [-0.39, 0.29) is 18.1 Å². The molecule has 158 valence electrons. The van der Waals surface area contributed by atoms with Crippen molar-refractivity contribution in [2.45, 2.75) is 26.0 Å². The van der Waals surface area contributed by atoms with Crippen LogP contribution < -0.4 is 10.5 Å². The van der Waals surface area contributed by atoms with Crippen LogP contribution in [-0.2, 0) is 27.0 Å². The number of benzene rings is 2. The molecule has 0 unspecified atom stereocenters. The van der Waals surface area contributed by atoms with Crippen molar-refractivity contribution in [2.75, 3.05) is 5.32 Å². The zero-order valence-electron chi connectivity index (χ0n) is 16.3. The fourth-order valence-corrected chi connectivity index (χ4v) is 4.07. The maximum Gasteiger partial charge on any atom is 0.228 e. The van der Waals surface area contributed by atoms with Gasteiger partial charge in [0.2, 0.25) is 15.9 Å². The van der Waals surface area contributed by atoms with Crippen molar-refractivity contribution in [3.8, 4) is 5.69 Å². The number of rotatable bonds is 6. The lowest BCUT2D eigenvalue weighted by molar-refractivity contribution is -0.115. The summed E-state index contributed by atoms with van der Waals surface area (Å²) in [6.45, 7) is 3.70. The summed E-state index contributed by atoms with van der Waals surface area (Å²) in [6.07, 6.45) is 0.110. The molecule has 0 saturated heterocycles. The number of anilines is 1. The van der Waals surface area contributed by atoms with Gasteiger partial charge in [0, 0.05) is 16.9 Å². The third-order valence-corrected chi connectivity index (χ3v) is 5.98. The highest BCUT2D eigenvalue weighted by atomic mass is 35.5. The van der Waals surface area contributed by atoms with E-state index < -0.39 is 10.0 Å². The number of aryl methyl sites for hydroxylation is 1. The summed E-state index contributed by atoms with van der Waals surface area (Å²) in [5, 5.41) is 13.3. The van der Waals surface area contributed by atoms with Gasteiger partial charge in [0.15, 0.2) is 0 Å². The van der Waals surface area contributed by atoms with Gasteiger partial charge in [0.05, 0.1) is 33.6 Å². The van der Waals surface area contributed by atoms with E-state index in [2.05, 4.69) is 10.4 Å². The summed E-state index contributed by atoms with van der Waals surface area (Å²) in [5.41, 5.74) is 4.05. The average molecular weight is 467 g/mol. The molecule has 0 radical (unpaired) electrons. The minimum absolute atomic E-state index is 0.110. The molecule has 0 atom stereocenters. The summed E-state index contributed by atoms with van der Waals surface area (Å²) in [5.74, 6) is -0.548. The largest absolute Gasteiger partial charge is 0.326 e. The van der Waals surface area contributed by atoms with Gasteiger partial charge in [-0.05, 0) is 49.7 Å². The molecule has 0 bridgehead atoms. The van der Waals surface area contributed by atoms with Gasteiger partial charge in [0.1, 0.15) is 0 Å². The quantitative estimate of drug-likeness (QED) is 0.576. The van der Waals surface area contributed by atoms with Crippen LogP contribution in [0.3, 0.4) is 0 Å². The Morgan fingerprint density at radius 3 is 2.53 bits per heavy atom. The Morgan fingerprint density at radius 1 is 1.13 bits per heavy atom. The van der Waals surface area contributed by atoms with E-state index in [0.29, 0.717) is 21.3 Å². The molecule has 0 aliphatic carbocycles. The Morgan fingerprint density at radius 2 is 1.87 bits per heavy atom. The summed E-state index contributed by atoms with van der Waals surface area (Å²) in [6, 6.07) is 11.8. The first-order valence-electron chi connectivity index (χ1n) is 8.93. The van der Waals surface area contributed by atoms with Gasteiger partial charge in [-0.3, -0.25) is 4.79 Å². The molecule has 0 aliphatic heterocycles. The number of nitrogens with zero attached hydrogens (tertiary/aromatic N) is 2. The van der Waals surface area contributed by atoms with Crippen LogP contribution >= 0.6 is 23.2 Å². The topological polar surface area (TPSA) is 107 Å². The van der Waals surface area contributed by atoms with Crippen molar-refractivity contribution in [3.05, 3.63) is 75.0 Å². The first-order valence-corrected chi connectivity index (χ1v) is 11.4. The van der Waals surface area contributed by atoms with Crippen LogP contribution in [0.2, 0.25) is 10.0 Å². The Kier molecular flexibility index (Phi) is 6.52. The third kappa shape index (κ3) is 5.40. The van der Waals surface area contributed by atoms with E-state index in [9.17, 15) is 13.2 Å². The number of aromatic nitrogens is 2. The molecular formula is C20H20Cl2N4O3S. The van der Waals surface area contributed by atoms with E-state index in [0.717, 1.165) is 22.6 Å². The lowest BCUT2D eigenvalue weighted by Gasteiger charge is -2.09. The van der Waals surface area contributed by atoms with Crippen molar-refractivity contribution < 1.29 is 13.2 Å². The highest BCUT2D eigenvalue weighted by Gasteiger charge is 2.17. The summed E-state index contributed by atoms with van der Waals surface area (Å²) >= 11 is 12.1. The van der Waals surface area contributed by atoms with Crippen molar-refractivity contribution in [1.82, 2.24) is 9.78 Å². The van der Waals surface area contributed by atoms with Crippen LogP contribution in [0.25, 0.3) is 5.69 Å². The predicted molar refractivity (Wildman–Crippen MR) is 119 cm³/mol. The predicted octanol–water partition coefficient (Wildman–Crippen LogP) is 3.77. The fourth-order valence-electron chi connectivity index (χ4n) is 3.14. The minimum atomic E-state index is -3.65. The van der Waals surface area contributed by atoms with E-state index in [1.807, 2.05) is 13.8 Å². The number of hydrogen-bond acceptors (Lipinski definition) is 4. The van der Waals surface area contributed by atoms with Crippen molar-refractivity contribution in [2.24, 2.45) is 5.14 Å². The Bertz CT molecular complexity index is 1220. The number of primary sulfonamides is 1. The highest BCUT2D eigenvalue weighted by molar-refractivity contribution is 7.88. The molecule has 2 aromatic carbocycles. The zero-order valence-corrected chi connectivity index (χ0v) is 18.6. The molecule has 0 fully saturated rings. The molecule has 3 rings (SSSR count). The second-order valence-corrected chi connectivity index (χ2v) is 9.32. The second-order valence-electron chi connectivity index (χ2n) is 6.89. The molecule has 3 N–H and O–H groups in total. The van der Waals surface area contributed by atoms with Crippen molar-refractivity contribution in [3.63, 3.8) is 0 Å². The van der Waals surface area contributed by atoms with Crippen LogP contribution in [-0.4, -0.2) is 24.1 Å². The number of nitrogens with one attached hydrogen (secondary N) is 1. The Labute approximate surface area is 184 Å². The molecule has 0 aliphatic rings. The van der Waals surface area contributed by atoms with Gasteiger partial charge in [-0.1, -0.05) is 35.3 Å². The van der Waals surface area contributed by atoms with E-state index in [1.54, 1.807) is 47.1 Å². The Hall–Kier alpha value is -2.39. The van der Waals surface area contributed by atoms with Gasteiger partial charge in [-0.25, -0.2) is 18.2 Å². The number of halogens is 2. The molecule has 0 spiro atoms. The number of carbonyl (C=O) groups is 1.